The molecule has 28 heavy (non-hydrogen) atoms. The highest BCUT2D eigenvalue weighted by Gasteiger charge is 2.22. The fourth-order valence-corrected chi connectivity index (χ4v) is 3.17. The van der Waals surface area contributed by atoms with E-state index in [-0.39, 0.29) is 11.9 Å². The summed E-state index contributed by atoms with van der Waals surface area (Å²) in [5, 5.41) is 5.71. The van der Waals surface area contributed by atoms with Crippen molar-refractivity contribution < 1.29 is 9.59 Å². The van der Waals surface area contributed by atoms with E-state index >= 15 is 0 Å². The van der Waals surface area contributed by atoms with Crippen LogP contribution in [-0.2, 0) is 13.1 Å². The number of anilines is 3. The van der Waals surface area contributed by atoms with Gasteiger partial charge in [0.05, 0.1) is 11.4 Å². The van der Waals surface area contributed by atoms with Crippen molar-refractivity contribution in [2.45, 2.75) is 13.1 Å². The second-order valence-corrected chi connectivity index (χ2v) is 6.68. The maximum absolute atomic E-state index is 12.4. The zero-order valence-electron chi connectivity index (χ0n) is 15.2. The molecule has 3 amide bonds. The van der Waals surface area contributed by atoms with E-state index in [4.69, 9.17) is 5.73 Å². The molecule has 3 aromatic rings. The number of carbonyl (C=O) groups excluding carboxylic acids is 2. The van der Waals surface area contributed by atoms with Gasteiger partial charge in [0.15, 0.2) is 0 Å². The number of nitrogen functional groups attached to an aromatic ring is 1. The van der Waals surface area contributed by atoms with Crippen molar-refractivity contribution >= 4 is 29.0 Å². The monoisotopic (exact) mass is 372 g/mol. The molecule has 3 aromatic carbocycles. The van der Waals surface area contributed by atoms with Gasteiger partial charge in [0, 0.05) is 24.3 Å². The summed E-state index contributed by atoms with van der Waals surface area (Å²) in [6.45, 7) is 1.02. The molecule has 0 aromatic heterocycles. The van der Waals surface area contributed by atoms with Crippen LogP contribution in [0.2, 0.25) is 0 Å². The van der Waals surface area contributed by atoms with E-state index in [1.807, 2.05) is 48.5 Å². The first-order valence-corrected chi connectivity index (χ1v) is 8.99. The van der Waals surface area contributed by atoms with Gasteiger partial charge < -0.3 is 21.3 Å². The highest BCUT2D eigenvalue weighted by atomic mass is 16.2. The summed E-state index contributed by atoms with van der Waals surface area (Å²) >= 11 is 0. The van der Waals surface area contributed by atoms with Gasteiger partial charge >= 0.3 is 6.03 Å². The second kappa shape index (κ2) is 7.44. The number of amides is 3. The van der Waals surface area contributed by atoms with E-state index in [1.54, 1.807) is 29.2 Å². The van der Waals surface area contributed by atoms with Crippen molar-refractivity contribution in [3.63, 3.8) is 0 Å². The van der Waals surface area contributed by atoms with Crippen LogP contribution in [0.25, 0.3) is 0 Å². The third kappa shape index (κ3) is 3.66. The van der Waals surface area contributed by atoms with Crippen molar-refractivity contribution in [2.24, 2.45) is 0 Å². The van der Waals surface area contributed by atoms with Crippen LogP contribution < -0.4 is 16.4 Å². The lowest BCUT2D eigenvalue weighted by molar-refractivity contribution is 0.102. The number of nitrogens with one attached hydrogen (secondary N) is 2. The first-order valence-electron chi connectivity index (χ1n) is 8.99. The number of hydrogen-bond donors (Lipinski definition) is 3. The standard InChI is InChI=1S/C22H20N4O2/c23-18-6-2-4-8-20(18)24-21(27)16-11-9-15(10-12-16)13-26-14-17-5-1-3-7-19(17)25-22(26)28/h1-12H,13-14,23H2,(H,24,27)(H,25,28). The van der Waals surface area contributed by atoms with E-state index in [9.17, 15) is 9.59 Å². The normalized spacial score (nSPS) is 12.9. The first-order chi connectivity index (χ1) is 13.6. The number of urea groups is 1. The topological polar surface area (TPSA) is 87.5 Å². The fraction of sp³-hybridized carbons (Fsp3) is 0.0909. The molecule has 1 aliphatic heterocycles. The van der Waals surface area contributed by atoms with Crippen LogP contribution in [0.5, 0.6) is 0 Å². The molecular weight excluding hydrogens is 352 g/mol. The Kier molecular flexibility index (Phi) is 4.68. The number of nitrogens with two attached hydrogens (primary N) is 1. The summed E-state index contributed by atoms with van der Waals surface area (Å²) in [5.74, 6) is -0.228. The Morgan fingerprint density at radius 3 is 2.50 bits per heavy atom. The predicted molar refractivity (Wildman–Crippen MR) is 110 cm³/mol. The minimum Gasteiger partial charge on any atom is -0.397 e. The molecule has 6 nitrogen and oxygen atoms in total. The second-order valence-electron chi connectivity index (χ2n) is 6.68. The number of fused-ring (bicyclic) bond motifs is 1. The van der Waals surface area contributed by atoms with Crippen LogP contribution in [0.15, 0.2) is 72.8 Å². The Balaban J connectivity index is 1.43. The van der Waals surface area contributed by atoms with Gasteiger partial charge in [-0.15, -0.1) is 0 Å². The lowest BCUT2D eigenvalue weighted by Gasteiger charge is -2.29. The summed E-state index contributed by atoms with van der Waals surface area (Å²) in [7, 11) is 0. The Hall–Kier alpha value is -3.80. The van der Waals surface area contributed by atoms with Crippen molar-refractivity contribution in [1.82, 2.24) is 4.90 Å². The van der Waals surface area contributed by atoms with Crippen LogP contribution in [0.4, 0.5) is 21.9 Å². The number of para-hydroxylation sites is 3. The van der Waals surface area contributed by atoms with Gasteiger partial charge in [0.25, 0.3) is 5.91 Å². The SMILES string of the molecule is Nc1ccccc1NC(=O)c1ccc(CN2Cc3ccccc3NC2=O)cc1. The van der Waals surface area contributed by atoms with Gasteiger partial charge in [0.2, 0.25) is 0 Å². The molecule has 0 unspecified atom stereocenters. The number of benzene rings is 3. The molecule has 0 aliphatic carbocycles. The molecule has 6 heteroatoms. The number of rotatable bonds is 4. The molecule has 0 saturated carbocycles. The van der Waals surface area contributed by atoms with Gasteiger partial charge in [-0.1, -0.05) is 42.5 Å². The molecule has 4 N–H and O–H groups in total. The zero-order chi connectivity index (χ0) is 19.5. The van der Waals surface area contributed by atoms with E-state index in [2.05, 4.69) is 10.6 Å². The summed E-state index contributed by atoms with van der Waals surface area (Å²) in [5.41, 5.74) is 10.4. The number of carbonyl (C=O) groups is 2. The summed E-state index contributed by atoms with van der Waals surface area (Å²) < 4.78 is 0. The van der Waals surface area contributed by atoms with Crippen LogP contribution in [0.1, 0.15) is 21.5 Å². The zero-order valence-corrected chi connectivity index (χ0v) is 15.2. The summed E-state index contributed by atoms with van der Waals surface area (Å²) in [6.07, 6.45) is 0. The Morgan fingerprint density at radius 1 is 1.00 bits per heavy atom. The van der Waals surface area contributed by atoms with E-state index < -0.39 is 0 Å². The Labute approximate surface area is 163 Å². The maximum Gasteiger partial charge on any atom is 0.322 e. The van der Waals surface area contributed by atoms with Gasteiger partial charge in [-0.2, -0.15) is 0 Å². The van der Waals surface area contributed by atoms with Gasteiger partial charge in [-0.25, -0.2) is 4.79 Å². The molecule has 140 valence electrons. The van der Waals surface area contributed by atoms with Gasteiger partial charge in [-0.3, -0.25) is 4.79 Å². The van der Waals surface area contributed by atoms with E-state index in [0.717, 1.165) is 16.8 Å². The lowest BCUT2D eigenvalue weighted by atomic mass is 10.1. The van der Waals surface area contributed by atoms with E-state index in [0.29, 0.717) is 30.0 Å². The average molecular weight is 372 g/mol. The Bertz CT molecular complexity index is 1030. The van der Waals surface area contributed by atoms with Crippen molar-refractivity contribution in [1.29, 1.82) is 0 Å². The van der Waals surface area contributed by atoms with E-state index in [1.165, 1.54) is 0 Å². The first kappa shape index (κ1) is 17.6. The Morgan fingerprint density at radius 2 is 1.71 bits per heavy atom. The molecule has 4 rings (SSSR count). The van der Waals surface area contributed by atoms with Crippen LogP contribution >= 0.6 is 0 Å². The number of hydrogen-bond acceptors (Lipinski definition) is 3. The smallest absolute Gasteiger partial charge is 0.322 e. The van der Waals surface area contributed by atoms with Crippen LogP contribution in [-0.4, -0.2) is 16.8 Å². The third-order valence-corrected chi connectivity index (χ3v) is 4.71. The highest BCUT2D eigenvalue weighted by Crippen LogP contribution is 2.24. The maximum atomic E-state index is 12.4. The number of nitrogens with zero attached hydrogens (tertiary/aromatic N) is 1. The minimum absolute atomic E-state index is 0.125. The molecule has 1 heterocycles. The van der Waals surface area contributed by atoms with Gasteiger partial charge in [-0.05, 0) is 41.5 Å². The minimum atomic E-state index is -0.228. The molecule has 0 atom stereocenters. The van der Waals surface area contributed by atoms with Crippen molar-refractivity contribution in [3.05, 3.63) is 89.5 Å². The molecule has 0 spiro atoms. The predicted octanol–water partition coefficient (Wildman–Crippen LogP) is 4.07. The third-order valence-electron chi connectivity index (χ3n) is 4.71. The fourth-order valence-electron chi connectivity index (χ4n) is 3.17. The quantitative estimate of drug-likeness (QED) is 0.603. The molecular formula is C22H20N4O2. The van der Waals surface area contributed by atoms with Crippen molar-refractivity contribution in [2.75, 3.05) is 16.4 Å². The van der Waals surface area contributed by atoms with Crippen molar-refractivity contribution in [3.8, 4) is 0 Å². The summed E-state index contributed by atoms with van der Waals surface area (Å²) in [4.78, 5) is 26.5. The van der Waals surface area contributed by atoms with Crippen LogP contribution in [0.3, 0.4) is 0 Å². The lowest BCUT2D eigenvalue weighted by Crippen LogP contribution is -2.38. The van der Waals surface area contributed by atoms with Crippen LogP contribution in [0, 0.1) is 0 Å². The molecule has 0 bridgehead atoms. The molecule has 0 radical (unpaired) electrons. The highest BCUT2D eigenvalue weighted by molar-refractivity contribution is 6.05. The molecule has 0 saturated heterocycles. The molecule has 1 aliphatic rings. The average Bonchev–Trinajstić information content (AvgIpc) is 2.71. The summed E-state index contributed by atoms with van der Waals surface area (Å²) in [6, 6.07) is 22.0. The van der Waals surface area contributed by atoms with Gasteiger partial charge in [0.1, 0.15) is 0 Å². The largest absolute Gasteiger partial charge is 0.397 e. The molecule has 0 fully saturated rings.